The quantitative estimate of drug-likeness (QED) is 0.287. The molecule has 0 spiro atoms. The van der Waals surface area contributed by atoms with Gasteiger partial charge in [-0.25, -0.2) is 13.4 Å². The number of ether oxygens (including phenoxy) is 1. The molecule has 37 heavy (non-hydrogen) atoms. The van der Waals surface area contributed by atoms with Crippen molar-refractivity contribution in [3.63, 3.8) is 0 Å². The molecule has 2 aromatic carbocycles. The number of aliphatic hydroxyl groups is 1. The van der Waals surface area contributed by atoms with E-state index in [-0.39, 0.29) is 49.2 Å². The van der Waals surface area contributed by atoms with Crippen LogP contribution in [-0.4, -0.2) is 73.2 Å². The fourth-order valence-electron chi connectivity index (χ4n) is 4.80. The van der Waals surface area contributed by atoms with Crippen LogP contribution in [0.15, 0.2) is 59.5 Å². The minimum Gasteiger partial charge on any atom is -0.394 e. The molecule has 0 unspecified atom stereocenters. The number of sulfonamides is 1. The molecule has 1 N–H and O–H groups in total. The molecule has 1 aliphatic rings. The molecule has 198 valence electrons. The van der Waals surface area contributed by atoms with E-state index in [9.17, 15) is 23.6 Å². The maximum Gasteiger partial charge on any atom is 0.289 e. The van der Waals surface area contributed by atoms with Crippen LogP contribution in [0.25, 0.3) is 0 Å². The molecule has 0 bridgehead atoms. The lowest BCUT2D eigenvalue weighted by atomic mass is 9.75. The predicted molar refractivity (Wildman–Crippen MR) is 142 cm³/mol. The van der Waals surface area contributed by atoms with E-state index in [1.165, 1.54) is 47.0 Å². The van der Waals surface area contributed by atoms with E-state index in [1.54, 1.807) is 0 Å². The number of benzene rings is 2. The Labute approximate surface area is 220 Å². The minimum absolute atomic E-state index is 0.0104. The van der Waals surface area contributed by atoms with Gasteiger partial charge in [0.2, 0.25) is 10.0 Å². The van der Waals surface area contributed by atoms with E-state index in [1.807, 2.05) is 49.1 Å². The van der Waals surface area contributed by atoms with Crippen molar-refractivity contribution >= 4 is 32.2 Å². The maximum atomic E-state index is 13.8. The van der Waals surface area contributed by atoms with E-state index in [0.29, 0.717) is 5.13 Å². The third kappa shape index (κ3) is 5.25. The van der Waals surface area contributed by atoms with E-state index in [4.69, 9.17) is 4.74 Å². The highest BCUT2D eigenvalue weighted by Gasteiger charge is 2.51. The summed E-state index contributed by atoms with van der Waals surface area (Å²) in [4.78, 5) is 18.3. The zero-order chi connectivity index (χ0) is 26.7. The zero-order valence-electron chi connectivity index (χ0n) is 20.9. The van der Waals surface area contributed by atoms with Crippen molar-refractivity contribution in [2.75, 3.05) is 38.3 Å². The summed E-state index contributed by atoms with van der Waals surface area (Å²) in [5.74, 6) is -0.179. The molecular weight excluding hydrogens is 516 g/mol. The summed E-state index contributed by atoms with van der Waals surface area (Å²) in [5, 5.41) is 22.7. The lowest BCUT2D eigenvalue weighted by molar-refractivity contribution is -0.387. The number of thiazole rings is 1. The van der Waals surface area contributed by atoms with Crippen LogP contribution in [0.3, 0.4) is 0 Å². The van der Waals surface area contributed by atoms with Gasteiger partial charge in [0.05, 0.1) is 35.9 Å². The Bertz CT molecular complexity index is 1330. The average Bonchev–Trinajstić information content (AvgIpc) is 3.20. The number of nitrogens with zero attached hydrogens (tertiary/aromatic N) is 4. The van der Waals surface area contributed by atoms with Gasteiger partial charge in [0.25, 0.3) is 5.69 Å². The number of anilines is 1. The van der Waals surface area contributed by atoms with Gasteiger partial charge in [0.15, 0.2) is 10.0 Å². The molecule has 1 saturated heterocycles. The lowest BCUT2D eigenvalue weighted by Crippen LogP contribution is -2.67. The second kappa shape index (κ2) is 11.2. The van der Waals surface area contributed by atoms with Gasteiger partial charge in [-0.05, 0) is 25.5 Å². The Morgan fingerprint density at radius 3 is 2.41 bits per heavy atom. The maximum absolute atomic E-state index is 13.8. The van der Waals surface area contributed by atoms with Gasteiger partial charge in [0, 0.05) is 37.1 Å². The molecule has 1 aromatic heterocycles. The first kappa shape index (κ1) is 27.1. The van der Waals surface area contributed by atoms with E-state index in [2.05, 4.69) is 4.98 Å². The van der Waals surface area contributed by atoms with Crippen LogP contribution in [0.2, 0.25) is 0 Å². The number of hydrogen-bond donors (Lipinski definition) is 1. The number of nitro groups is 1. The number of aromatic nitrogens is 1. The largest absolute Gasteiger partial charge is 0.394 e. The molecule has 0 aliphatic carbocycles. The van der Waals surface area contributed by atoms with Crippen LogP contribution in [-0.2, 0) is 14.8 Å². The third-order valence-electron chi connectivity index (χ3n) is 6.77. The van der Waals surface area contributed by atoms with E-state index < -0.39 is 20.6 Å². The van der Waals surface area contributed by atoms with Crippen molar-refractivity contribution < 1.29 is 23.2 Å². The van der Waals surface area contributed by atoms with Gasteiger partial charge in [-0.1, -0.05) is 42.5 Å². The topological polar surface area (TPSA) is 126 Å². The SMILES string of the molecule is COCCN(C[C@@H]1[C@H](c2ccccc2)[C@H](CO)N1c1nc(C)c(C)s1)S(=O)(=O)c1ccccc1[N+](=O)[O-]. The number of methoxy groups -OCH3 is 1. The molecule has 2 heterocycles. The van der Waals surface area contributed by atoms with Crippen LogP contribution >= 0.6 is 11.3 Å². The van der Waals surface area contributed by atoms with Crippen molar-refractivity contribution in [3.05, 3.63) is 80.8 Å². The van der Waals surface area contributed by atoms with Gasteiger partial charge in [0.1, 0.15) is 0 Å². The highest BCUT2D eigenvalue weighted by Crippen LogP contribution is 2.46. The molecule has 3 aromatic rings. The van der Waals surface area contributed by atoms with Gasteiger partial charge in [-0.15, -0.1) is 11.3 Å². The molecule has 4 rings (SSSR count). The number of hydrogen-bond acceptors (Lipinski definition) is 9. The minimum atomic E-state index is -4.25. The Morgan fingerprint density at radius 1 is 1.14 bits per heavy atom. The summed E-state index contributed by atoms with van der Waals surface area (Å²) >= 11 is 1.50. The highest BCUT2D eigenvalue weighted by molar-refractivity contribution is 7.89. The number of nitro benzene ring substituents is 1. The molecule has 3 atom stereocenters. The Balaban J connectivity index is 1.78. The molecule has 0 saturated carbocycles. The van der Waals surface area contributed by atoms with E-state index in [0.717, 1.165) is 16.1 Å². The van der Waals surface area contributed by atoms with Crippen molar-refractivity contribution in [1.29, 1.82) is 0 Å². The Kier molecular flexibility index (Phi) is 8.24. The number of para-hydroxylation sites is 1. The standard InChI is InChI=1S/C25H30N4O6S2/c1-17-18(2)36-25(26-17)28-21(24(22(28)16-30)19-9-5-4-6-10-19)15-27(13-14-35-3)37(33,34)23-12-8-7-11-20(23)29(31)32/h4-12,21-22,24,30H,13-16H2,1-3H3/t21-,22+,24+/m1/s1. The Hall–Kier alpha value is -2.90. The summed E-state index contributed by atoms with van der Waals surface area (Å²) in [7, 11) is -2.78. The average molecular weight is 547 g/mol. The predicted octanol–water partition coefficient (Wildman–Crippen LogP) is 3.34. The lowest BCUT2D eigenvalue weighted by Gasteiger charge is -2.56. The van der Waals surface area contributed by atoms with Crippen LogP contribution in [0.4, 0.5) is 10.8 Å². The number of aryl methyl sites for hydroxylation is 2. The molecule has 0 amide bonds. The molecular formula is C25H30N4O6S2. The molecule has 0 radical (unpaired) electrons. The summed E-state index contributed by atoms with van der Waals surface area (Å²) in [6.45, 7) is 3.90. The van der Waals surface area contributed by atoms with Gasteiger partial charge >= 0.3 is 0 Å². The van der Waals surface area contributed by atoms with Crippen molar-refractivity contribution in [2.45, 2.75) is 36.7 Å². The van der Waals surface area contributed by atoms with Crippen molar-refractivity contribution in [1.82, 2.24) is 9.29 Å². The smallest absolute Gasteiger partial charge is 0.289 e. The monoisotopic (exact) mass is 546 g/mol. The zero-order valence-corrected chi connectivity index (χ0v) is 22.5. The fraction of sp³-hybridized carbons (Fsp3) is 0.400. The molecule has 12 heteroatoms. The normalized spacial score (nSPS) is 19.7. The van der Waals surface area contributed by atoms with Crippen LogP contribution in [0, 0.1) is 24.0 Å². The van der Waals surface area contributed by atoms with Crippen LogP contribution < -0.4 is 4.90 Å². The first-order valence-electron chi connectivity index (χ1n) is 11.8. The molecule has 10 nitrogen and oxygen atoms in total. The first-order chi connectivity index (χ1) is 17.7. The number of rotatable bonds is 11. The van der Waals surface area contributed by atoms with Crippen molar-refractivity contribution in [3.8, 4) is 0 Å². The fourth-order valence-corrected chi connectivity index (χ4v) is 7.42. The summed E-state index contributed by atoms with van der Waals surface area (Å²) in [6.07, 6.45) is 0. The van der Waals surface area contributed by atoms with Gasteiger partial charge in [-0.2, -0.15) is 4.31 Å². The number of aliphatic hydroxyl groups excluding tert-OH is 1. The van der Waals surface area contributed by atoms with E-state index >= 15 is 0 Å². The molecule has 1 fully saturated rings. The van der Waals surface area contributed by atoms with Gasteiger partial charge in [-0.3, -0.25) is 10.1 Å². The molecule has 1 aliphatic heterocycles. The Morgan fingerprint density at radius 2 is 1.81 bits per heavy atom. The third-order valence-corrected chi connectivity index (χ3v) is 9.77. The highest BCUT2D eigenvalue weighted by atomic mass is 32.2. The van der Waals surface area contributed by atoms with Crippen LogP contribution in [0.1, 0.15) is 22.1 Å². The first-order valence-corrected chi connectivity index (χ1v) is 14.1. The van der Waals surface area contributed by atoms with Gasteiger partial charge < -0.3 is 14.7 Å². The van der Waals surface area contributed by atoms with Crippen LogP contribution in [0.5, 0.6) is 0 Å². The second-order valence-electron chi connectivity index (χ2n) is 8.88. The summed E-state index contributed by atoms with van der Waals surface area (Å²) < 4.78 is 34.1. The second-order valence-corrected chi connectivity index (χ2v) is 12.0. The summed E-state index contributed by atoms with van der Waals surface area (Å²) in [5.41, 5.74) is 1.37. The summed E-state index contributed by atoms with van der Waals surface area (Å²) in [6, 6.07) is 14.3. The van der Waals surface area contributed by atoms with Crippen molar-refractivity contribution in [2.24, 2.45) is 0 Å².